The van der Waals surface area contributed by atoms with Gasteiger partial charge < -0.3 is 10.2 Å². The number of sulfonamides is 1. The van der Waals surface area contributed by atoms with Crippen LogP contribution in [0.5, 0.6) is 0 Å². The van der Waals surface area contributed by atoms with Crippen molar-refractivity contribution in [3.63, 3.8) is 0 Å². The number of hydrogen-bond donors (Lipinski definition) is 2. The maximum absolute atomic E-state index is 13.2. The second-order valence-electron chi connectivity index (χ2n) is 9.67. The Labute approximate surface area is 216 Å². The first kappa shape index (κ1) is 24.6. The van der Waals surface area contributed by atoms with Crippen LogP contribution in [-0.2, 0) is 10.0 Å². The van der Waals surface area contributed by atoms with Gasteiger partial charge in [0.15, 0.2) is 5.03 Å². The number of benzene rings is 1. The zero-order valence-corrected chi connectivity index (χ0v) is 21.7. The summed E-state index contributed by atoms with van der Waals surface area (Å²) in [5.41, 5.74) is 1.51. The molecular formula is C27H28N6O3S. The van der Waals surface area contributed by atoms with Gasteiger partial charge in [0, 0.05) is 35.6 Å². The Bertz CT molecular complexity index is 1580. The SMILES string of the molecule is CC1CCN(c2ncccc2C(=O)NS(=O)(=O)c2cccc(Nc3cccc4ncccc34)n2)C1(C)C. The Hall–Kier alpha value is -4.05. The van der Waals surface area contributed by atoms with E-state index in [1.54, 1.807) is 36.7 Å². The van der Waals surface area contributed by atoms with E-state index in [-0.39, 0.29) is 16.1 Å². The van der Waals surface area contributed by atoms with Gasteiger partial charge in [-0.3, -0.25) is 9.78 Å². The van der Waals surface area contributed by atoms with Gasteiger partial charge in [0.05, 0.1) is 11.1 Å². The Balaban J connectivity index is 1.40. The molecule has 0 saturated carbocycles. The Kier molecular flexibility index (Phi) is 6.28. The van der Waals surface area contributed by atoms with Gasteiger partial charge in [-0.25, -0.2) is 14.7 Å². The zero-order chi connectivity index (χ0) is 26.2. The summed E-state index contributed by atoms with van der Waals surface area (Å²) in [6.07, 6.45) is 4.28. The highest BCUT2D eigenvalue weighted by atomic mass is 32.2. The summed E-state index contributed by atoms with van der Waals surface area (Å²) in [5, 5.41) is 3.76. The summed E-state index contributed by atoms with van der Waals surface area (Å²) in [4.78, 5) is 28.3. The zero-order valence-electron chi connectivity index (χ0n) is 20.8. The number of nitrogens with one attached hydrogen (secondary N) is 2. The lowest BCUT2D eigenvalue weighted by atomic mass is 9.90. The number of carbonyl (C=O) groups is 1. The quantitative estimate of drug-likeness (QED) is 0.384. The van der Waals surface area contributed by atoms with Crippen molar-refractivity contribution in [2.75, 3.05) is 16.8 Å². The standard InChI is InChI=1S/C27H28N6O3S/c1-18-14-17-33(27(18,2)3)25-20(9-7-16-29-25)26(34)32-37(35,36)24-13-5-12-23(31-24)30-22-11-4-10-21-19(22)8-6-15-28-21/h4-13,15-16,18H,14,17H2,1-3H3,(H,30,31)(H,32,34). The molecule has 1 amide bonds. The second kappa shape index (κ2) is 9.44. The van der Waals surface area contributed by atoms with Gasteiger partial charge in [-0.15, -0.1) is 0 Å². The van der Waals surface area contributed by atoms with E-state index < -0.39 is 15.9 Å². The maximum atomic E-state index is 13.2. The van der Waals surface area contributed by atoms with Crippen LogP contribution in [0.15, 0.2) is 78.1 Å². The number of fused-ring (bicyclic) bond motifs is 1. The third-order valence-corrected chi connectivity index (χ3v) is 8.34. The average Bonchev–Trinajstić information content (AvgIpc) is 3.16. The summed E-state index contributed by atoms with van der Waals surface area (Å²) < 4.78 is 28.5. The monoisotopic (exact) mass is 516 g/mol. The van der Waals surface area contributed by atoms with Crippen molar-refractivity contribution in [2.24, 2.45) is 5.92 Å². The van der Waals surface area contributed by atoms with E-state index in [0.29, 0.717) is 17.6 Å². The minimum atomic E-state index is -4.25. The minimum absolute atomic E-state index is 0.200. The number of nitrogens with zero attached hydrogens (tertiary/aromatic N) is 4. The highest BCUT2D eigenvalue weighted by Crippen LogP contribution is 2.38. The fourth-order valence-electron chi connectivity index (χ4n) is 4.61. The fourth-order valence-corrected chi connectivity index (χ4v) is 5.55. The van der Waals surface area contributed by atoms with E-state index in [1.807, 2.05) is 30.3 Å². The van der Waals surface area contributed by atoms with Crippen molar-refractivity contribution < 1.29 is 13.2 Å². The minimum Gasteiger partial charge on any atom is -0.351 e. The fraction of sp³-hybridized carbons (Fsp3) is 0.259. The number of aromatic nitrogens is 3. The molecule has 9 nitrogen and oxygen atoms in total. The topological polar surface area (TPSA) is 117 Å². The van der Waals surface area contributed by atoms with Gasteiger partial charge in [0.25, 0.3) is 15.9 Å². The van der Waals surface area contributed by atoms with Crippen LogP contribution in [0, 0.1) is 5.92 Å². The number of hydrogen-bond acceptors (Lipinski definition) is 8. The van der Waals surface area contributed by atoms with Crippen molar-refractivity contribution >= 4 is 44.2 Å². The molecule has 3 aromatic heterocycles. The van der Waals surface area contributed by atoms with Crippen molar-refractivity contribution in [2.45, 2.75) is 37.8 Å². The van der Waals surface area contributed by atoms with Gasteiger partial charge in [0.2, 0.25) is 0 Å². The third-order valence-electron chi connectivity index (χ3n) is 7.11. The van der Waals surface area contributed by atoms with E-state index in [9.17, 15) is 13.2 Å². The molecule has 1 aliphatic rings. The largest absolute Gasteiger partial charge is 0.351 e. The molecule has 1 fully saturated rings. The number of pyridine rings is 3. The smallest absolute Gasteiger partial charge is 0.281 e. The normalized spacial score (nSPS) is 17.1. The molecular weight excluding hydrogens is 488 g/mol. The predicted octanol–water partition coefficient (Wildman–Crippen LogP) is 4.51. The first-order valence-corrected chi connectivity index (χ1v) is 13.5. The maximum Gasteiger partial charge on any atom is 0.281 e. The van der Waals surface area contributed by atoms with E-state index >= 15 is 0 Å². The van der Waals surface area contributed by atoms with Crippen LogP contribution in [0.4, 0.5) is 17.3 Å². The highest BCUT2D eigenvalue weighted by Gasteiger charge is 2.40. The van der Waals surface area contributed by atoms with E-state index in [1.165, 1.54) is 6.07 Å². The van der Waals surface area contributed by atoms with Gasteiger partial charge in [-0.2, -0.15) is 8.42 Å². The van der Waals surface area contributed by atoms with Crippen LogP contribution < -0.4 is 14.9 Å². The molecule has 5 rings (SSSR count). The van der Waals surface area contributed by atoms with Crippen LogP contribution in [0.1, 0.15) is 37.6 Å². The molecule has 1 saturated heterocycles. The van der Waals surface area contributed by atoms with Crippen LogP contribution in [-0.4, -0.2) is 41.4 Å². The molecule has 4 heterocycles. The van der Waals surface area contributed by atoms with Crippen LogP contribution in [0.2, 0.25) is 0 Å². The Morgan fingerprint density at radius 2 is 1.76 bits per heavy atom. The van der Waals surface area contributed by atoms with Gasteiger partial charge in [-0.05, 0) is 74.7 Å². The lowest BCUT2D eigenvalue weighted by Crippen LogP contribution is -2.43. The summed E-state index contributed by atoms with van der Waals surface area (Å²) in [5.74, 6) is 0.434. The van der Waals surface area contributed by atoms with Crippen molar-refractivity contribution in [1.82, 2.24) is 19.7 Å². The molecule has 1 atom stereocenters. The van der Waals surface area contributed by atoms with Crippen molar-refractivity contribution in [1.29, 1.82) is 0 Å². The molecule has 0 radical (unpaired) electrons. The van der Waals surface area contributed by atoms with Crippen molar-refractivity contribution in [3.8, 4) is 0 Å². The average molecular weight is 517 g/mol. The first-order chi connectivity index (χ1) is 17.7. The van der Waals surface area contributed by atoms with E-state index in [4.69, 9.17) is 0 Å². The molecule has 1 aromatic carbocycles. The molecule has 4 aromatic rings. The van der Waals surface area contributed by atoms with E-state index in [0.717, 1.165) is 29.6 Å². The molecule has 0 spiro atoms. The van der Waals surface area contributed by atoms with Crippen molar-refractivity contribution in [3.05, 3.63) is 78.6 Å². The second-order valence-corrected chi connectivity index (χ2v) is 11.3. The molecule has 2 N–H and O–H groups in total. The summed E-state index contributed by atoms with van der Waals surface area (Å²) >= 11 is 0. The number of carbonyl (C=O) groups excluding carboxylic acids is 1. The number of amides is 1. The molecule has 10 heteroatoms. The summed E-state index contributed by atoms with van der Waals surface area (Å²) in [7, 11) is -4.25. The molecule has 190 valence electrons. The number of rotatable bonds is 6. The lowest BCUT2D eigenvalue weighted by molar-refractivity contribution is 0.0981. The molecule has 0 aliphatic carbocycles. The molecule has 1 aliphatic heterocycles. The Morgan fingerprint density at radius 1 is 1.00 bits per heavy atom. The van der Waals surface area contributed by atoms with Gasteiger partial charge in [-0.1, -0.05) is 19.1 Å². The van der Waals surface area contributed by atoms with Crippen LogP contribution in [0.25, 0.3) is 10.9 Å². The number of anilines is 3. The van der Waals surface area contributed by atoms with E-state index in [2.05, 4.69) is 50.7 Å². The predicted molar refractivity (Wildman–Crippen MR) is 143 cm³/mol. The summed E-state index contributed by atoms with van der Waals surface area (Å²) in [6.45, 7) is 7.10. The molecule has 1 unspecified atom stereocenters. The van der Waals surface area contributed by atoms with Gasteiger partial charge >= 0.3 is 0 Å². The summed E-state index contributed by atoms with van der Waals surface area (Å²) in [6, 6.07) is 17.1. The Morgan fingerprint density at radius 3 is 2.54 bits per heavy atom. The third kappa shape index (κ3) is 4.72. The van der Waals surface area contributed by atoms with Crippen LogP contribution in [0.3, 0.4) is 0 Å². The van der Waals surface area contributed by atoms with Gasteiger partial charge in [0.1, 0.15) is 11.6 Å². The van der Waals surface area contributed by atoms with Crippen LogP contribution >= 0.6 is 0 Å². The molecule has 0 bridgehead atoms. The first-order valence-electron chi connectivity index (χ1n) is 12.0. The lowest BCUT2D eigenvalue weighted by Gasteiger charge is -2.36. The highest BCUT2D eigenvalue weighted by molar-refractivity contribution is 7.90. The molecule has 37 heavy (non-hydrogen) atoms.